The number of halogens is 1. The fraction of sp³-hybridized carbons (Fsp3) is 0.267. The summed E-state index contributed by atoms with van der Waals surface area (Å²) in [5, 5.41) is 0. The van der Waals surface area contributed by atoms with Gasteiger partial charge in [-0.05, 0) is 37.0 Å². The van der Waals surface area contributed by atoms with Crippen LogP contribution in [0.1, 0.15) is 28.2 Å². The summed E-state index contributed by atoms with van der Waals surface area (Å²) >= 11 is 5.46. The first-order valence-electron chi connectivity index (χ1n) is 6.62. The van der Waals surface area contributed by atoms with Gasteiger partial charge in [-0.15, -0.1) is 11.3 Å². The first kappa shape index (κ1) is 10.6. The Morgan fingerprint density at radius 1 is 1.21 bits per heavy atom. The van der Waals surface area contributed by atoms with Crippen molar-refractivity contribution in [2.24, 2.45) is 0 Å². The molecule has 0 saturated carbocycles. The van der Waals surface area contributed by atoms with Gasteiger partial charge >= 0.3 is 0 Å². The molecule has 4 heteroatoms. The lowest BCUT2D eigenvalue weighted by Crippen LogP contribution is -1.94. The van der Waals surface area contributed by atoms with Gasteiger partial charge in [0, 0.05) is 27.0 Å². The summed E-state index contributed by atoms with van der Waals surface area (Å²) in [7, 11) is 0. The van der Waals surface area contributed by atoms with Crippen LogP contribution in [0.3, 0.4) is 0 Å². The van der Waals surface area contributed by atoms with E-state index >= 15 is 0 Å². The third kappa shape index (κ3) is 1.29. The first-order chi connectivity index (χ1) is 9.31. The van der Waals surface area contributed by atoms with Crippen LogP contribution in [0.15, 0.2) is 22.7 Å². The van der Waals surface area contributed by atoms with Gasteiger partial charge < -0.3 is 0 Å². The number of hydrogen-bond donors (Lipinski definition) is 0. The van der Waals surface area contributed by atoms with E-state index in [2.05, 4.69) is 38.5 Å². The minimum absolute atomic E-state index is 1.02. The zero-order valence-electron chi connectivity index (χ0n) is 10.2. The molecule has 0 saturated heterocycles. The molecule has 2 aliphatic rings. The Morgan fingerprint density at radius 2 is 2.16 bits per heavy atom. The first-order valence-corrected chi connectivity index (χ1v) is 8.23. The summed E-state index contributed by atoms with van der Waals surface area (Å²) < 4.78 is 3.60. The van der Waals surface area contributed by atoms with Crippen LogP contribution in [0, 0.1) is 0 Å². The van der Waals surface area contributed by atoms with Crippen LogP contribution < -0.4 is 0 Å². The molecule has 0 aliphatic heterocycles. The smallest absolute Gasteiger partial charge is 0.194 e. The molecular formula is C15H11BrN2S. The van der Waals surface area contributed by atoms with Crippen molar-refractivity contribution in [3.8, 4) is 11.3 Å². The van der Waals surface area contributed by atoms with Crippen molar-refractivity contribution in [3.63, 3.8) is 0 Å². The predicted octanol–water partition coefficient (Wildman–Crippen LogP) is 4.22. The van der Waals surface area contributed by atoms with E-state index in [1.807, 2.05) is 11.3 Å². The van der Waals surface area contributed by atoms with E-state index in [-0.39, 0.29) is 0 Å². The summed E-state index contributed by atoms with van der Waals surface area (Å²) in [6.07, 6.45) is 4.80. The fourth-order valence-electron chi connectivity index (χ4n) is 3.43. The molecule has 2 heterocycles. The van der Waals surface area contributed by atoms with Gasteiger partial charge in [0.1, 0.15) is 0 Å². The van der Waals surface area contributed by atoms with Gasteiger partial charge in [-0.1, -0.05) is 22.0 Å². The largest absolute Gasteiger partial charge is 0.290 e. The van der Waals surface area contributed by atoms with Crippen LogP contribution >= 0.6 is 27.3 Å². The van der Waals surface area contributed by atoms with Crippen LogP contribution in [0.5, 0.6) is 0 Å². The van der Waals surface area contributed by atoms with Crippen LogP contribution in [0.2, 0.25) is 0 Å². The normalized spacial score (nSPS) is 15.8. The third-order valence-corrected chi connectivity index (χ3v) is 5.88. The molecule has 2 nitrogen and oxygen atoms in total. The van der Waals surface area contributed by atoms with E-state index in [4.69, 9.17) is 4.98 Å². The van der Waals surface area contributed by atoms with E-state index in [9.17, 15) is 0 Å². The lowest BCUT2D eigenvalue weighted by atomic mass is 10.1. The molecule has 2 aromatic heterocycles. The van der Waals surface area contributed by atoms with Crippen molar-refractivity contribution >= 4 is 32.2 Å². The SMILES string of the molecule is Brc1ccc2c(c1)Cc1c-2nc2sc3c(n12)CCC3. The van der Waals surface area contributed by atoms with Crippen LogP contribution in [-0.2, 0) is 19.3 Å². The maximum absolute atomic E-state index is 4.89. The molecule has 0 spiro atoms. The second kappa shape index (κ2) is 3.49. The van der Waals surface area contributed by atoms with Gasteiger partial charge in [0.2, 0.25) is 0 Å². The number of aromatic nitrogens is 2. The number of fused-ring (bicyclic) bond motifs is 7. The highest BCUT2D eigenvalue weighted by molar-refractivity contribution is 9.10. The van der Waals surface area contributed by atoms with Crippen molar-refractivity contribution < 1.29 is 0 Å². The Labute approximate surface area is 123 Å². The molecule has 19 heavy (non-hydrogen) atoms. The number of aryl methyl sites for hydroxylation is 2. The molecule has 0 fully saturated rings. The Kier molecular flexibility index (Phi) is 1.96. The minimum Gasteiger partial charge on any atom is -0.290 e. The molecular weight excluding hydrogens is 320 g/mol. The molecule has 1 aromatic carbocycles. The molecule has 94 valence electrons. The van der Waals surface area contributed by atoms with Crippen molar-refractivity contribution in [2.75, 3.05) is 0 Å². The fourth-order valence-corrected chi connectivity index (χ4v) is 5.07. The van der Waals surface area contributed by atoms with E-state index in [1.54, 1.807) is 4.88 Å². The number of hydrogen-bond acceptors (Lipinski definition) is 2. The Morgan fingerprint density at radius 3 is 3.11 bits per heavy atom. The molecule has 3 aromatic rings. The van der Waals surface area contributed by atoms with Crippen molar-refractivity contribution in [2.45, 2.75) is 25.7 Å². The highest BCUT2D eigenvalue weighted by Gasteiger charge is 2.28. The zero-order chi connectivity index (χ0) is 12.6. The summed E-state index contributed by atoms with van der Waals surface area (Å²) in [6.45, 7) is 0. The zero-order valence-corrected chi connectivity index (χ0v) is 12.6. The van der Waals surface area contributed by atoms with E-state index < -0.39 is 0 Å². The van der Waals surface area contributed by atoms with Crippen LogP contribution in [-0.4, -0.2) is 9.38 Å². The molecule has 0 radical (unpaired) electrons. The van der Waals surface area contributed by atoms with E-state index in [0.717, 1.165) is 10.9 Å². The number of rotatable bonds is 0. The number of thiazole rings is 1. The maximum atomic E-state index is 4.89. The lowest BCUT2D eigenvalue weighted by molar-refractivity contribution is 0.877. The van der Waals surface area contributed by atoms with E-state index in [1.165, 1.54) is 52.4 Å². The van der Waals surface area contributed by atoms with Gasteiger partial charge in [-0.2, -0.15) is 0 Å². The third-order valence-electron chi connectivity index (χ3n) is 4.25. The number of imidazole rings is 1. The molecule has 0 N–H and O–H groups in total. The quantitative estimate of drug-likeness (QED) is 0.472. The van der Waals surface area contributed by atoms with Gasteiger partial charge in [-0.25, -0.2) is 4.98 Å². The topological polar surface area (TPSA) is 17.3 Å². The molecule has 0 amide bonds. The van der Waals surface area contributed by atoms with Crippen molar-refractivity contribution in [1.29, 1.82) is 0 Å². The monoisotopic (exact) mass is 330 g/mol. The van der Waals surface area contributed by atoms with Crippen molar-refractivity contribution in [1.82, 2.24) is 9.38 Å². The summed E-state index contributed by atoms with van der Waals surface area (Å²) in [5.74, 6) is 0. The second-order valence-corrected chi connectivity index (χ2v) is 7.31. The lowest BCUT2D eigenvalue weighted by Gasteiger charge is -1.99. The van der Waals surface area contributed by atoms with Crippen LogP contribution in [0.4, 0.5) is 0 Å². The summed E-state index contributed by atoms with van der Waals surface area (Å²) in [6, 6.07) is 6.55. The standard InChI is InChI=1S/C15H11BrN2S/c16-9-4-5-10-8(6-9)7-12-14(10)17-15-18(12)11-2-1-3-13(11)19-15/h4-6H,1-3,7H2. The molecule has 0 bridgehead atoms. The van der Waals surface area contributed by atoms with Crippen LogP contribution in [0.25, 0.3) is 16.2 Å². The number of benzene rings is 1. The molecule has 2 aliphatic carbocycles. The Bertz CT molecular complexity index is 844. The molecule has 5 rings (SSSR count). The summed E-state index contributed by atoms with van der Waals surface area (Å²) in [4.78, 5) is 7.65. The molecule has 0 atom stereocenters. The van der Waals surface area contributed by atoms with Crippen molar-refractivity contribution in [3.05, 3.63) is 44.5 Å². The highest BCUT2D eigenvalue weighted by atomic mass is 79.9. The van der Waals surface area contributed by atoms with Gasteiger partial charge in [0.05, 0.1) is 11.4 Å². The Balaban J connectivity index is 1.83. The highest BCUT2D eigenvalue weighted by Crippen LogP contribution is 2.41. The van der Waals surface area contributed by atoms with Gasteiger partial charge in [0.25, 0.3) is 0 Å². The molecule has 0 unspecified atom stereocenters. The summed E-state index contributed by atoms with van der Waals surface area (Å²) in [5.41, 5.74) is 6.87. The maximum Gasteiger partial charge on any atom is 0.194 e. The van der Waals surface area contributed by atoms with E-state index in [0.29, 0.717) is 0 Å². The number of nitrogens with zero attached hydrogens (tertiary/aromatic N) is 2. The van der Waals surface area contributed by atoms with Gasteiger partial charge in [0.15, 0.2) is 4.96 Å². The average Bonchev–Trinajstić information content (AvgIpc) is 3.05. The average molecular weight is 331 g/mol. The van der Waals surface area contributed by atoms with Gasteiger partial charge in [-0.3, -0.25) is 4.40 Å². The second-order valence-electron chi connectivity index (χ2n) is 5.33. The predicted molar refractivity (Wildman–Crippen MR) is 81.0 cm³/mol. The Hall–Kier alpha value is -1.13. The minimum atomic E-state index is 1.02.